The van der Waals surface area contributed by atoms with Crippen LogP contribution in [0.5, 0.6) is 0 Å². The fourth-order valence-electron chi connectivity index (χ4n) is 4.51. The molecule has 4 nitrogen and oxygen atoms in total. The molecule has 120 valence electrons. The van der Waals surface area contributed by atoms with E-state index in [9.17, 15) is 9.18 Å². The van der Waals surface area contributed by atoms with Gasteiger partial charge in [0, 0.05) is 24.5 Å². The predicted octanol–water partition coefficient (Wildman–Crippen LogP) is 3.32. The fourth-order valence-corrected chi connectivity index (χ4v) is 4.51. The largest absolute Gasteiger partial charge is 0.349 e. The minimum Gasteiger partial charge on any atom is -0.349 e. The first-order valence-electron chi connectivity index (χ1n) is 8.33. The van der Waals surface area contributed by atoms with Crippen molar-refractivity contribution in [2.75, 3.05) is 0 Å². The van der Waals surface area contributed by atoms with Gasteiger partial charge in [-0.1, -0.05) is 6.42 Å². The molecule has 0 saturated heterocycles. The molecule has 23 heavy (non-hydrogen) atoms. The van der Waals surface area contributed by atoms with E-state index in [1.165, 1.54) is 50.2 Å². The van der Waals surface area contributed by atoms with Crippen molar-refractivity contribution in [2.24, 2.45) is 17.8 Å². The van der Waals surface area contributed by atoms with Crippen molar-refractivity contribution in [2.45, 2.75) is 38.6 Å². The number of carbonyl (C=O) groups excluding carboxylic acids is 1. The van der Waals surface area contributed by atoms with E-state index in [0.717, 1.165) is 11.8 Å². The summed E-state index contributed by atoms with van der Waals surface area (Å²) in [7, 11) is 0. The van der Waals surface area contributed by atoms with Crippen LogP contribution in [0.4, 0.5) is 4.39 Å². The topological polar surface area (TPSA) is 54.9 Å². The van der Waals surface area contributed by atoms with Gasteiger partial charge in [-0.2, -0.15) is 0 Å². The Bertz CT molecular complexity index is 763. The first-order chi connectivity index (χ1) is 11.1. The highest BCUT2D eigenvalue weighted by atomic mass is 19.1. The minimum atomic E-state index is -0.462. The van der Waals surface area contributed by atoms with Gasteiger partial charge in [0.1, 0.15) is 11.3 Å². The number of nitrogens with one attached hydrogen (secondary N) is 1. The number of nitrogens with zero attached hydrogens (tertiary/aromatic N) is 2. The van der Waals surface area contributed by atoms with Gasteiger partial charge in [0.15, 0.2) is 0 Å². The van der Waals surface area contributed by atoms with Gasteiger partial charge in [-0.05, 0) is 50.0 Å². The number of halogens is 1. The Morgan fingerprint density at radius 1 is 1.26 bits per heavy atom. The Hall–Kier alpha value is -2.04. The molecule has 4 rings (SSSR count). The number of fused-ring (bicyclic) bond motifs is 3. The van der Waals surface area contributed by atoms with Crippen LogP contribution in [0.15, 0.2) is 24.5 Å². The number of benzene rings is 1. The summed E-state index contributed by atoms with van der Waals surface area (Å²) in [5, 5.41) is 3.07. The van der Waals surface area contributed by atoms with Crippen LogP contribution in [0.2, 0.25) is 0 Å². The lowest BCUT2D eigenvalue weighted by Gasteiger charge is -2.28. The standard InChI is InChI=1S/C18H20FN3O/c1-10(14-7-11-2-3-12(14)6-11)22-18(23)15-8-13(19)9-16-17(15)21-5-4-20-16/h4-5,8-12,14H,2-3,6-7H2,1H3,(H,22,23). The van der Waals surface area contributed by atoms with Gasteiger partial charge in [-0.3, -0.25) is 14.8 Å². The van der Waals surface area contributed by atoms with Crippen LogP contribution in [0.3, 0.4) is 0 Å². The molecule has 1 amide bonds. The quantitative estimate of drug-likeness (QED) is 0.945. The third kappa shape index (κ3) is 2.58. The van der Waals surface area contributed by atoms with Gasteiger partial charge in [0.25, 0.3) is 5.91 Å². The van der Waals surface area contributed by atoms with E-state index < -0.39 is 5.82 Å². The number of hydrogen-bond acceptors (Lipinski definition) is 3. The predicted molar refractivity (Wildman–Crippen MR) is 85.4 cm³/mol. The summed E-state index contributed by atoms with van der Waals surface area (Å²) in [6.45, 7) is 2.07. The third-order valence-electron chi connectivity index (χ3n) is 5.58. The molecule has 1 aromatic heterocycles. The highest BCUT2D eigenvalue weighted by Crippen LogP contribution is 2.49. The first kappa shape index (κ1) is 14.5. The van der Waals surface area contributed by atoms with Crippen LogP contribution in [0.25, 0.3) is 11.0 Å². The SMILES string of the molecule is CC(NC(=O)c1cc(F)cc2nccnc12)C1CC2CCC1C2. The van der Waals surface area contributed by atoms with E-state index in [-0.39, 0.29) is 17.5 Å². The molecule has 2 fully saturated rings. The molecule has 2 aliphatic rings. The van der Waals surface area contributed by atoms with Crippen LogP contribution in [0.1, 0.15) is 43.0 Å². The maximum Gasteiger partial charge on any atom is 0.253 e. The zero-order valence-corrected chi connectivity index (χ0v) is 13.1. The van der Waals surface area contributed by atoms with E-state index in [0.29, 0.717) is 17.0 Å². The van der Waals surface area contributed by atoms with Crippen molar-refractivity contribution in [1.82, 2.24) is 15.3 Å². The number of aromatic nitrogens is 2. The molecule has 4 unspecified atom stereocenters. The maximum absolute atomic E-state index is 13.8. The lowest BCUT2D eigenvalue weighted by atomic mass is 9.84. The number of rotatable bonds is 3. The summed E-state index contributed by atoms with van der Waals surface area (Å²) in [6, 6.07) is 2.66. The fraction of sp³-hybridized carbons (Fsp3) is 0.500. The summed E-state index contributed by atoms with van der Waals surface area (Å²) in [5.41, 5.74) is 1.12. The van der Waals surface area contributed by atoms with Crippen molar-refractivity contribution in [1.29, 1.82) is 0 Å². The molecule has 5 heteroatoms. The Kier molecular flexibility index (Phi) is 3.51. The van der Waals surface area contributed by atoms with Crippen LogP contribution >= 0.6 is 0 Å². The van der Waals surface area contributed by atoms with Crippen molar-refractivity contribution in [3.05, 3.63) is 35.9 Å². The third-order valence-corrected chi connectivity index (χ3v) is 5.58. The average Bonchev–Trinajstić information content (AvgIpc) is 3.17. The molecule has 2 saturated carbocycles. The second-order valence-corrected chi connectivity index (χ2v) is 6.98. The van der Waals surface area contributed by atoms with Gasteiger partial charge in [0.05, 0.1) is 11.1 Å². The summed E-state index contributed by atoms with van der Waals surface area (Å²) < 4.78 is 13.8. The summed E-state index contributed by atoms with van der Waals surface area (Å²) in [4.78, 5) is 20.9. The van der Waals surface area contributed by atoms with Crippen LogP contribution < -0.4 is 5.32 Å². The first-order valence-corrected chi connectivity index (χ1v) is 8.33. The van der Waals surface area contributed by atoms with Gasteiger partial charge in [-0.25, -0.2) is 4.39 Å². The lowest BCUT2D eigenvalue weighted by Crippen LogP contribution is -2.40. The molecule has 1 aromatic carbocycles. The Morgan fingerprint density at radius 2 is 2.09 bits per heavy atom. The van der Waals surface area contributed by atoms with Crippen molar-refractivity contribution >= 4 is 16.9 Å². The van der Waals surface area contributed by atoms with E-state index in [1.807, 2.05) is 0 Å². The molecule has 1 N–H and O–H groups in total. The Morgan fingerprint density at radius 3 is 2.83 bits per heavy atom. The van der Waals surface area contributed by atoms with Gasteiger partial charge in [-0.15, -0.1) is 0 Å². The lowest BCUT2D eigenvalue weighted by molar-refractivity contribution is 0.0916. The molecular formula is C18H20FN3O. The molecule has 2 bridgehead atoms. The van der Waals surface area contributed by atoms with Crippen molar-refractivity contribution in [3.8, 4) is 0 Å². The normalized spacial score (nSPS) is 27.3. The zero-order valence-electron chi connectivity index (χ0n) is 13.1. The van der Waals surface area contributed by atoms with Gasteiger partial charge < -0.3 is 5.32 Å². The van der Waals surface area contributed by atoms with Crippen molar-refractivity contribution in [3.63, 3.8) is 0 Å². The summed E-state index contributed by atoms with van der Waals surface area (Å²) in [6.07, 6.45) is 8.16. The minimum absolute atomic E-state index is 0.104. The van der Waals surface area contributed by atoms with Crippen LogP contribution in [0, 0.1) is 23.6 Å². The van der Waals surface area contributed by atoms with E-state index in [4.69, 9.17) is 0 Å². The van der Waals surface area contributed by atoms with Crippen LogP contribution in [-0.4, -0.2) is 21.9 Å². The van der Waals surface area contributed by atoms with E-state index >= 15 is 0 Å². The highest BCUT2D eigenvalue weighted by molar-refractivity contribution is 6.04. The number of amides is 1. The number of carbonyl (C=O) groups is 1. The molecule has 1 heterocycles. The van der Waals surface area contributed by atoms with Crippen LogP contribution in [-0.2, 0) is 0 Å². The van der Waals surface area contributed by atoms with Crippen molar-refractivity contribution < 1.29 is 9.18 Å². The smallest absolute Gasteiger partial charge is 0.253 e. The van der Waals surface area contributed by atoms with E-state index in [1.54, 1.807) is 0 Å². The molecular weight excluding hydrogens is 293 g/mol. The summed E-state index contributed by atoms with van der Waals surface area (Å²) in [5.74, 6) is 1.40. The van der Waals surface area contributed by atoms with Gasteiger partial charge >= 0.3 is 0 Å². The zero-order chi connectivity index (χ0) is 16.0. The maximum atomic E-state index is 13.8. The highest BCUT2D eigenvalue weighted by Gasteiger charge is 2.42. The number of hydrogen-bond donors (Lipinski definition) is 1. The Labute approximate surface area is 134 Å². The molecule has 4 atom stereocenters. The van der Waals surface area contributed by atoms with Gasteiger partial charge in [0.2, 0.25) is 0 Å². The van der Waals surface area contributed by atoms with E-state index in [2.05, 4.69) is 22.2 Å². The second-order valence-electron chi connectivity index (χ2n) is 6.98. The molecule has 2 aliphatic carbocycles. The molecule has 2 aromatic rings. The second kappa shape index (κ2) is 5.55. The molecule has 0 spiro atoms. The Balaban J connectivity index is 1.57. The average molecular weight is 313 g/mol. The molecule has 0 aliphatic heterocycles. The monoisotopic (exact) mass is 313 g/mol. The summed E-state index contributed by atoms with van der Waals surface area (Å²) >= 11 is 0. The molecule has 0 radical (unpaired) electrons.